The quantitative estimate of drug-likeness (QED) is 0.263. The Labute approximate surface area is 229 Å². The summed E-state index contributed by atoms with van der Waals surface area (Å²) in [5.41, 5.74) is 0.620. The fraction of sp³-hybridized carbons (Fsp3) is 0.333. The molecule has 1 N–H and O–H groups in total. The number of benzene rings is 1. The van der Waals surface area contributed by atoms with Crippen molar-refractivity contribution in [1.82, 2.24) is 14.6 Å². The van der Waals surface area contributed by atoms with Crippen molar-refractivity contribution in [2.75, 3.05) is 5.32 Å². The van der Waals surface area contributed by atoms with Crippen LogP contribution in [0.4, 0.5) is 18.2 Å². The van der Waals surface area contributed by atoms with Crippen molar-refractivity contribution in [2.24, 2.45) is 11.3 Å². The molecule has 0 radical (unpaired) electrons. The van der Waals surface area contributed by atoms with Crippen molar-refractivity contribution in [2.45, 2.75) is 46.2 Å². The van der Waals surface area contributed by atoms with Gasteiger partial charge in [0.25, 0.3) is 5.91 Å². The van der Waals surface area contributed by atoms with Gasteiger partial charge in [-0.25, -0.2) is 9.50 Å². The van der Waals surface area contributed by atoms with Crippen LogP contribution < -0.4 is 5.32 Å². The van der Waals surface area contributed by atoms with Crippen molar-refractivity contribution < 1.29 is 18.0 Å². The monoisotopic (exact) mass is 601 g/mol. The molecule has 1 aromatic carbocycles. The molecule has 3 heterocycles. The predicted octanol–water partition coefficient (Wildman–Crippen LogP) is 7.51. The Morgan fingerprint density at radius 2 is 1.95 bits per heavy atom. The lowest BCUT2D eigenvalue weighted by molar-refractivity contribution is -0.142. The molecule has 0 saturated carbocycles. The normalized spacial score (nSPS) is 15.8. The second-order valence-electron chi connectivity index (χ2n) is 10.4. The molecule has 0 spiro atoms. The highest BCUT2D eigenvalue weighted by Gasteiger charge is 2.36. The van der Waals surface area contributed by atoms with E-state index in [1.807, 2.05) is 0 Å². The molecule has 5 rings (SSSR count). The van der Waals surface area contributed by atoms with Gasteiger partial charge in [-0.05, 0) is 54.4 Å². The Kier molecular flexibility index (Phi) is 6.60. The molecule has 6 nitrogen and oxygen atoms in total. The maximum absolute atomic E-state index is 13.9. The minimum absolute atomic E-state index is 0.0596. The Bertz CT molecular complexity index is 1590. The van der Waals surface area contributed by atoms with Crippen molar-refractivity contribution in [3.63, 3.8) is 0 Å². The summed E-state index contributed by atoms with van der Waals surface area (Å²) >= 11 is 4.68. The van der Waals surface area contributed by atoms with Crippen LogP contribution in [0.15, 0.2) is 41.0 Å². The number of carbonyl (C=O) groups excluding carboxylic acids is 1. The number of nitrogens with zero attached hydrogens (tertiary/aromatic N) is 4. The first-order valence-corrected chi connectivity index (χ1v) is 13.6. The third-order valence-corrected chi connectivity index (χ3v) is 8.67. The Morgan fingerprint density at radius 1 is 1.24 bits per heavy atom. The first kappa shape index (κ1) is 26.4. The number of amides is 1. The van der Waals surface area contributed by atoms with Gasteiger partial charge in [0.15, 0.2) is 11.3 Å². The number of nitrogens with one attached hydrogen (secondary N) is 1. The van der Waals surface area contributed by atoms with Gasteiger partial charge in [-0.1, -0.05) is 48.8 Å². The largest absolute Gasteiger partial charge is 0.433 e. The van der Waals surface area contributed by atoms with Gasteiger partial charge in [0.05, 0.1) is 17.5 Å². The number of aromatic nitrogens is 3. The highest BCUT2D eigenvalue weighted by atomic mass is 79.9. The van der Waals surface area contributed by atoms with Gasteiger partial charge in [0, 0.05) is 14.9 Å². The number of rotatable bonds is 3. The van der Waals surface area contributed by atoms with Gasteiger partial charge in [-0.2, -0.15) is 23.5 Å². The molecule has 3 aromatic heterocycles. The van der Waals surface area contributed by atoms with Crippen LogP contribution in [0.1, 0.15) is 59.2 Å². The van der Waals surface area contributed by atoms with Crippen molar-refractivity contribution in [3.8, 4) is 17.3 Å². The molecule has 4 aromatic rings. The summed E-state index contributed by atoms with van der Waals surface area (Å²) in [5, 5.41) is 16.9. The second-order valence-corrected chi connectivity index (χ2v) is 12.4. The number of halogens is 4. The molecule has 11 heteroatoms. The SMILES string of the molecule is CC(C)(C)C1CCc2c(sc(NC(=O)c3cnn4c(C(F)(F)F)cc(-c5ccc(Br)cc5)nc34)c2C#N)C1. The maximum atomic E-state index is 13.9. The van der Waals surface area contributed by atoms with Crippen molar-refractivity contribution in [3.05, 3.63) is 68.3 Å². The van der Waals surface area contributed by atoms with E-state index >= 15 is 0 Å². The fourth-order valence-electron chi connectivity index (χ4n) is 4.80. The minimum atomic E-state index is -4.73. The Hall–Kier alpha value is -3.23. The third kappa shape index (κ3) is 4.83. The van der Waals surface area contributed by atoms with E-state index in [0.29, 0.717) is 26.6 Å². The standard InChI is InChI=1S/C27H23BrF3N5OS/c1-26(2,3)15-6-9-17-18(12-32)25(38-21(17)10-15)35-24(37)19-13-33-36-22(27(29,30)31)11-20(34-23(19)36)14-4-7-16(28)8-5-14/h4-5,7-8,11,13,15H,6,9-10H2,1-3H3,(H,35,37). The van der Waals surface area contributed by atoms with Crippen LogP contribution in [-0.2, 0) is 19.0 Å². The summed E-state index contributed by atoms with van der Waals surface area (Å²) in [6.45, 7) is 6.58. The summed E-state index contributed by atoms with van der Waals surface area (Å²) in [5.74, 6) is -0.221. The van der Waals surface area contributed by atoms with E-state index in [1.54, 1.807) is 24.3 Å². The lowest BCUT2D eigenvalue weighted by Crippen LogP contribution is -2.26. The van der Waals surface area contributed by atoms with E-state index in [-0.39, 0.29) is 22.3 Å². The van der Waals surface area contributed by atoms with Gasteiger partial charge < -0.3 is 5.32 Å². The predicted molar refractivity (Wildman–Crippen MR) is 143 cm³/mol. The summed E-state index contributed by atoms with van der Waals surface area (Å²) in [6.07, 6.45) is -1.14. The number of alkyl halides is 3. The van der Waals surface area contributed by atoms with Gasteiger partial charge in [-0.15, -0.1) is 11.3 Å². The zero-order valence-corrected chi connectivity index (χ0v) is 23.2. The molecule has 1 amide bonds. The zero-order valence-electron chi connectivity index (χ0n) is 20.8. The fourth-order valence-corrected chi connectivity index (χ4v) is 6.33. The van der Waals surface area contributed by atoms with Gasteiger partial charge in [0.1, 0.15) is 16.6 Å². The zero-order chi connectivity index (χ0) is 27.4. The molecule has 38 heavy (non-hydrogen) atoms. The van der Waals surface area contributed by atoms with Crippen LogP contribution in [-0.4, -0.2) is 20.5 Å². The van der Waals surface area contributed by atoms with E-state index in [1.165, 1.54) is 11.3 Å². The number of thiophene rings is 1. The number of fused-ring (bicyclic) bond motifs is 2. The van der Waals surface area contributed by atoms with Crippen LogP contribution >= 0.6 is 27.3 Å². The third-order valence-electron chi connectivity index (χ3n) is 6.98. The summed E-state index contributed by atoms with van der Waals surface area (Å²) in [6, 6.07) is 9.81. The van der Waals surface area contributed by atoms with E-state index in [0.717, 1.165) is 46.4 Å². The maximum Gasteiger partial charge on any atom is 0.433 e. The number of hydrogen-bond acceptors (Lipinski definition) is 5. The lowest BCUT2D eigenvalue weighted by atomic mass is 9.72. The van der Waals surface area contributed by atoms with E-state index < -0.39 is 17.8 Å². The number of anilines is 1. The van der Waals surface area contributed by atoms with Crippen LogP contribution in [0, 0.1) is 22.7 Å². The first-order chi connectivity index (χ1) is 17.9. The molecule has 0 saturated heterocycles. The minimum Gasteiger partial charge on any atom is -0.312 e. The van der Waals surface area contributed by atoms with E-state index in [4.69, 9.17) is 0 Å². The molecule has 0 bridgehead atoms. The number of nitriles is 1. The smallest absolute Gasteiger partial charge is 0.312 e. The molecular formula is C27H23BrF3N5OS. The average Bonchev–Trinajstić information content (AvgIpc) is 3.43. The number of carbonyl (C=O) groups is 1. The molecule has 0 fully saturated rings. The van der Waals surface area contributed by atoms with E-state index in [9.17, 15) is 23.2 Å². The molecular weight excluding hydrogens is 579 g/mol. The summed E-state index contributed by atoms with van der Waals surface area (Å²) in [7, 11) is 0. The van der Waals surface area contributed by atoms with Gasteiger partial charge in [-0.3, -0.25) is 4.79 Å². The highest BCUT2D eigenvalue weighted by molar-refractivity contribution is 9.10. The lowest BCUT2D eigenvalue weighted by Gasteiger charge is -2.33. The van der Waals surface area contributed by atoms with Crippen LogP contribution in [0.2, 0.25) is 0 Å². The van der Waals surface area contributed by atoms with Crippen LogP contribution in [0.5, 0.6) is 0 Å². The Balaban J connectivity index is 1.54. The average molecular weight is 602 g/mol. The highest BCUT2D eigenvalue weighted by Crippen LogP contribution is 2.44. The first-order valence-electron chi connectivity index (χ1n) is 11.9. The Morgan fingerprint density at radius 3 is 2.58 bits per heavy atom. The van der Waals surface area contributed by atoms with Crippen molar-refractivity contribution >= 4 is 43.8 Å². The summed E-state index contributed by atoms with van der Waals surface area (Å²) in [4.78, 5) is 18.8. The topological polar surface area (TPSA) is 83.1 Å². The van der Waals surface area contributed by atoms with Crippen LogP contribution in [0.25, 0.3) is 16.9 Å². The van der Waals surface area contributed by atoms with Crippen LogP contribution in [0.3, 0.4) is 0 Å². The van der Waals surface area contributed by atoms with Gasteiger partial charge in [0.2, 0.25) is 0 Å². The second kappa shape index (κ2) is 9.50. The molecule has 1 unspecified atom stereocenters. The number of hydrogen-bond donors (Lipinski definition) is 1. The van der Waals surface area contributed by atoms with Gasteiger partial charge >= 0.3 is 6.18 Å². The van der Waals surface area contributed by atoms with Crippen molar-refractivity contribution in [1.29, 1.82) is 5.26 Å². The molecule has 0 aliphatic heterocycles. The van der Waals surface area contributed by atoms with E-state index in [2.05, 4.69) is 58.2 Å². The molecule has 1 aliphatic carbocycles. The molecule has 196 valence electrons. The molecule has 1 aliphatic rings. The summed E-state index contributed by atoms with van der Waals surface area (Å²) < 4.78 is 43.2. The molecule has 1 atom stereocenters.